The van der Waals surface area contributed by atoms with Gasteiger partial charge in [-0.25, -0.2) is 0 Å². The summed E-state index contributed by atoms with van der Waals surface area (Å²) in [7, 11) is 0. The predicted molar refractivity (Wildman–Crippen MR) is 59.5 cm³/mol. The van der Waals surface area contributed by atoms with Crippen LogP contribution in [0.5, 0.6) is 5.75 Å². The normalized spacial score (nSPS) is 11.8. The SMILES string of the molecule is CCc1ccc(OCCC(N)C#N)cc1. The molecule has 0 aliphatic carbocycles. The van der Waals surface area contributed by atoms with Crippen LogP contribution in [0.2, 0.25) is 0 Å². The minimum Gasteiger partial charge on any atom is -0.493 e. The zero-order valence-corrected chi connectivity index (χ0v) is 8.94. The second-order valence-electron chi connectivity index (χ2n) is 3.37. The first-order valence-electron chi connectivity index (χ1n) is 5.13. The number of benzene rings is 1. The number of ether oxygens (including phenoxy) is 1. The van der Waals surface area contributed by atoms with E-state index >= 15 is 0 Å². The van der Waals surface area contributed by atoms with Crippen molar-refractivity contribution >= 4 is 0 Å². The van der Waals surface area contributed by atoms with E-state index in [4.69, 9.17) is 15.7 Å². The highest BCUT2D eigenvalue weighted by Crippen LogP contribution is 2.12. The summed E-state index contributed by atoms with van der Waals surface area (Å²) in [5.74, 6) is 0.831. The quantitative estimate of drug-likeness (QED) is 0.796. The van der Waals surface area contributed by atoms with Crippen LogP contribution < -0.4 is 10.5 Å². The highest BCUT2D eigenvalue weighted by Gasteiger charge is 2.00. The molecule has 1 aromatic rings. The van der Waals surface area contributed by atoms with Gasteiger partial charge in [-0.15, -0.1) is 0 Å². The fraction of sp³-hybridized carbons (Fsp3) is 0.417. The molecule has 0 radical (unpaired) electrons. The van der Waals surface area contributed by atoms with E-state index in [0.717, 1.165) is 12.2 Å². The van der Waals surface area contributed by atoms with Crippen LogP contribution in [-0.4, -0.2) is 12.6 Å². The van der Waals surface area contributed by atoms with Crippen molar-refractivity contribution in [2.45, 2.75) is 25.8 Å². The topological polar surface area (TPSA) is 59.0 Å². The standard InChI is InChI=1S/C12H16N2O/c1-2-10-3-5-12(6-4-10)15-8-7-11(14)9-13/h3-6,11H,2,7-8,14H2,1H3. The first kappa shape index (κ1) is 11.5. The van der Waals surface area contributed by atoms with Crippen LogP contribution in [0, 0.1) is 11.3 Å². The molecule has 0 fully saturated rings. The molecule has 0 amide bonds. The second kappa shape index (κ2) is 6.05. The van der Waals surface area contributed by atoms with Crippen molar-refractivity contribution in [3.63, 3.8) is 0 Å². The zero-order valence-electron chi connectivity index (χ0n) is 8.94. The van der Waals surface area contributed by atoms with Gasteiger partial charge in [-0.2, -0.15) is 5.26 Å². The average Bonchev–Trinajstić information content (AvgIpc) is 2.29. The Morgan fingerprint density at radius 1 is 1.40 bits per heavy atom. The van der Waals surface area contributed by atoms with Crippen LogP contribution in [0.15, 0.2) is 24.3 Å². The molecule has 0 bridgehead atoms. The molecule has 0 aliphatic heterocycles. The summed E-state index contributed by atoms with van der Waals surface area (Å²) in [4.78, 5) is 0. The maximum atomic E-state index is 8.47. The zero-order chi connectivity index (χ0) is 11.1. The Kier molecular flexibility index (Phi) is 4.65. The minimum atomic E-state index is -0.431. The third kappa shape index (κ3) is 4.01. The number of aryl methyl sites for hydroxylation is 1. The third-order valence-corrected chi connectivity index (χ3v) is 2.20. The highest BCUT2D eigenvalue weighted by molar-refractivity contribution is 5.27. The molecule has 1 atom stereocenters. The van der Waals surface area contributed by atoms with Crippen LogP contribution in [-0.2, 0) is 6.42 Å². The Hall–Kier alpha value is -1.53. The molecule has 80 valence electrons. The summed E-state index contributed by atoms with van der Waals surface area (Å²) >= 11 is 0. The van der Waals surface area contributed by atoms with E-state index in [1.54, 1.807) is 0 Å². The Morgan fingerprint density at radius 2 is 2.07 bits per heavy atom. The second-order valence-corrected chi connectivity index (χ2v) is 3.37. The maximum Gasteiger partial charge on any atom is 0.119 e. The number of nitriles is 1. The minimum absolute atomic E-state index is 0.431. The lowest BCUT2D eigenvalue weighted by molar-refractivity contribution is 0.306. The molecule has 1 unspecified atom stereocenters. The number of rotatable bonds is 5. The van der Waals surface area contributed by atoms with Crippen molar-refractivity contribution in [2.24, 2.45) is 5.73 Å². The van der Waals surface area contributed by atoms with E-state index in [1.165, 1.54) is 5.56 Å². The van der Waals surface area contributed by atoms with Crippen LogP contribution in [0.1, 0.15) is 18.9 Å². The molecule has 0 aromatic heterocycles. The van der Waals surface area contributed by atoms with Gasteiger partial charge in [0.1, 0.15) is 5.75 Å². The van der Waals surface area contributed by atoms with E-state index < -0.39 is 6.04 Å². The highest BCUT2D eigenvalue weighted by atomic mass is 16.5. The van der Waals surface area contributed by atoms with Gasteiger partial charge in [-0.05, 0) is 24.1 Å². The van der Waals surface area contributed by atoms with Gasteiger partial charge in [0.15, 0.2) is 0 Å². The molecule has 1 rings (SSSR count). The lowest BCUT2D eigenvalue weighted by atomic mass is 10.2. The van der Waals surface area contributed by atoms with Gasteiger partial charge in [-0.1, -0.05) is 19.1 Å². The van der Waals surface area contributed by atoms with Gasteiger partial charge < -0.3 is 10.5 Å². The first-order valence-corrected chi connectivity index (χ1v) is 5.13. The predicted octanol–water partition coefficient (Wildman–Crippen LogP) is 1.87. The number of hydrogen-bond acceptors (Lipinski definition) is 3. The molecule has 3 heteroatoms. The summed E-state index contributed by atoms with van der Waals surface area (Å²) in [5, 5.41) is 8.47. The summed E-state index contributed by atoms with van der Waals surface area (Å²) in [6.45, 7) is 2.60. The maximum absolute atomic E-state index is 8.47. The average molecular weight is 204 g/mol. The fourth-order valence-corrected chi connectivity index (χ4v) is 1.19. The van der Waals surface area contributed by atoms with Crippen molar-refractivity contribution in [1.82, 2.24) is 0 Å². The monoisotopic (exact) mass is 204 g/mol. The fourth-order valence-electron chi connectivity index (χ4n) is 1.19. The molecule has 15 heavy (non-hydrogen) atoms. The Balaban J connectivity index is 2.35. The molecule has 1 aromatic carbocycles. The molecule has 2 N–H and O–H groups in total. The third-order valence-electron chi connectivity index (χ3n) is 2.20. The van der Waals surface area contributed by atoms with Gasteiger partial charge in [0.2, 0.25) is 0 Å². The van der Waals surface area contributed by atoms with E-state index in [1.807, 2.05) is 30.3 Å². The smallest absolute Gasteiger partial charge is 0.119 e. The van der Waals surface area contributed by atoms with Gasteiger partial charge in [-0.3, -0.25) is 0 Å². The number of hydrogen-bond donors (Lipinski definition) is 1. The summed E-state index contributed by atoms with van der Waals surface area (Å²) in [5.41, 5.74) is 6.73. The van der Waals surface area contributed by atoms with Crippen molar-refractivity contribution < 1.29 is 4.74 Å². The molecule has 0 saturated heterocycles. The van der Waals surface area contributed by atoms with E-state index in [9.17, 15) is 0 Å². The lowest BCUT2D eigenvalue weighted by Gasteiger charge is -2.07. The summed E-state index contributed by atoms with van der Waals surface area (Å²) in [6.07, 6.45) is 1.59. The van der Waals surface area contributed by atoms with E-state index in [2.05, 4.69) is 6.92 Å². The molecular formula is C12H16N2O. The molecule has 0 spiro atoms. The van der Waals surface area contributed by atoms with Crippen molar-refractivity contribution in [2.75, 3.05) is 6.61 Å². The molecule has 0 aliphatic rings. The largest absolute Gasteiger partial charge is 0.493 e. The lowest BCUT2D eigenvalue weighted by Crippen LogP contribution is -2.20. The number of nitrogens with zero attached hydrogens (tertiary/aromatic N) is 1. The molecule has 0 saturated carbocycles. The Labute approximate surface area is 90.5 Å². The van der Waals surface area contributed by atoms with E-state index in [0.29, 0.717) is 13.0 Å². The Morgan fingerprint density at radius 3 is 2.60 bits per heavy atom. The number of nitrogens with two attached hydrogens (primary N) is 1. The van der Waals surface area contributed by atoms with Crippen molar-refractivity contribution in [1.29, 1.82) is 5.26 Å². The summed E-state index contributed by atoms with van der Waals surface area (Å²) in [6, 6.07) is 9.50. The van der Waals surface area contributed by atoms with Gasteiger partial charge in [0.25, 0.3) is 0 Å². The van der Waals surface area contributed by atoms with Crippen LogP contribution >= 0.6 is 0 Å². The van der Waals surface area contributed by atoms with Gasteiger partial charge >= 0.3 is 0 Å². The molecular weight excluding hydrogens is 188 g/mol. The molecule has 0 heterocycles. The van der Waals surface area contributed by atoms with Crippen molar-refractivity contribution in [3.8, 4) is 11.8 Å². The van der Waals surface area contributed by atoms with Gasteiger partial charge in [0, 0.05) is 6.42 Å². The molecule has 3 nitrogen and oxygen atoms in total. The first-order chi connectivity index (χ1) is 7.26. The summed E-state index contributed by atoms with van der Waals surface area (Å²) < 4.78 is 5.45. The van der Waals surface area contributed by atoms with Gasteiger partial charge in [0.05, 0.1) is 18.7 Å². The van der Waals surface area contributed by atoms with Crippen LogP contribution in [0.25, 0.3) is 0 Å². The Bertz CT molecular complexity index is 326. The van der Waals surface area contributed by atoms with E-state index in [-0.39, 0.29) is 0 Å². The van der Waals surface area contributed by atoms with Crippen LogP contribution in [0.3, 0.4) is 0 Å². The van der Waals surface area contributed by atoms with Crippen LogP contribution in [0.4, 0.5) is 0 Å². The van der Waals surface area contributed by atoms with Crippen molar-refractivity contribution in [3.05, 3.63) is 29.8 Å².